The van der Waals surface area contributed by atoms with E-state index in [1.165, 1.54) is 7.11 Å². The van der Waals surface area contributed by atoms with Crippen molar-refractivity contribution in [3.8, 4) is 17.2 Å². The van der Waals surface area contributed by atoms with Gasteiger partial charge >= 0.3 is 0 Å². The van der Waals surface area contributed by atoms with Gasteiger partial charge in [0.05, 0.1) is 12.5 Å². The Hall–Kier alpha value is -2.69. The van der Waals surface area contributed by atoms with Crippen LogP contribution in [-0.4, -0.2) is 43.4 Å². The smallest absolute Gasteiger partial charge is 0.160 e. The largest absolute Gasteiger partial charge is 0.504 e. The van der Waals surface area contributed by atoms with Crippen LogP contribution in [-0.2, 0) is 0 Å². The van der Waals surface area contributed by atoms with Crippen molar-refractivity contribution in [1.29, 1.82) is 0 Å². The number of nitrogens with zero attached hydrogens (tertiary/aromatic N) is 1. The number of benzene rings is 3. The highest BCUT2D eigenvalue weighted by molar-refractivity contribution is 6.21. The van der Waals surface area contributed by atoms with Gasteiger partial charge in [-0.25, -0.2) is 0 Å². The fourth-order valence-corrected chi connectivity index (χ4v) is 4.28. The van der Waals surface area contributed by atoms with Gasteiger partial charge in [-0.15, -0.1) is 11.6 Å². The summed E-state index contributed by atoms with van der Waals surface area (Å²) in [5.74, 6) is 1.29. The second-order valence-corrected chi connectivity index (χ2v) is 8.14. The van der Waals surface area contributed by atoms with E-state index in [1.807, 2.05) is 36.4 Å². The molecule has 0 amide bonds. The Kier molecular flexibility index (Phi) is 8.83. The Balaban J connectivity index is 1.84. The van der Waals surface area contributed by atoms with E-state index in [4.69, 9.17) is 21.1 Å². The first-order chi connectivity index (χ1) is 15.6. The molecule has 0 aromatic heterocycles. The number of hydrogen-bond donors (Lipinski definition) is 1. The van der Waals surface area contributed by atoms with Crippen LogP contribution in [0.15, 0.2) is 72.8 Å². The maximum atomic E-state index is 9.97. The van der Waals surface area contributed by atoms with Gasteiger partial charge in [0.15, 0.2) is 11.5 Å². The van der Waals surface area contributed by atoms with Gasteiger partial charge in [-0.1, -0.05) is 62.4 Å². The molecule has 2 atom stereocenters. The fourth-order valence-electron chi connectivity index (χ4n) is 3.85. The summed E-state index contributed by atoms with van der Waals surface area (Å²) in [7, 11) is 1.54. The lowest BCUT2D eigenvalue weighted by Gasteiger charge is -2.25. The van der Waals surface area contributed by atoms with Crippen LogP contribution >= 0.6 is 11.6 Å². The Morgan fingerprint density at radius 1 is 0.875 bits per heavy atom. The molecular weight excluding hydrogens is 422 g/mol. The Morgan fingerprint density at radius 3 is 2.12 bits per heavy atom. The summed E-state index contributed by atoms with van der Waals surface area (Å²) in [6.07, 6.45) is 0. The summed E-state index contributed by atoms with van der Waals surface area (Å²) < 4.78 is 11.2. The number of phenolic OH excluding ortho intramolecular Hbond substituents is 1. The van der Waals surface area contributed by atoms with Crippen LogP contribution in [0.1, 0.15) is 41.8 Å². The zero-order valence-corrected chi connectivity index (χ0v) is 19.8. The summed E-state index contributed by atoms with van der Waals surface area (Å²) >= 11 is 7.04. The lowest BCUT2D eigenvalue weighted by Crippen LogP contribution is -2.27. The van der Waals surface area contributed by atoms with Crippen molar-refractivity contribution in [2.24, 2.45) is 0 Å². The summed E-state index contributed by atoms with van der Waals surface area (Å²) in [5, 5.41) is 9.63. The molecule has 0 radical (unpaired) electrons. The monoisotopic (exact) mass is 453 g/mol. The highest BCUT2D eigenvalue weighted by atomic mass is 35.5. The number of halogens is 1. The second kappa shape index (κ2) is 11.8. The first kappa shape index (κ1) is 24.0. The Morgan fingerprint density at radius 2 is 1.50 bits per heavy atom. The SMILES string of the molecule is CCN(CC)CCOc1ccc([C@@H](c2ccccc2)[C@@H](Cl)c2ccc(O)c(OC)c2)cc1. The molecule has 1 N–H and O–H groups in total. The van der Waals surface area contributed by atoms with Crippen LogP contribution in [0, 0.1) is 0 Å². The van der Waals surface area contributed by atoms with Crippen LogP contribution in [0.5, 0.6) is 17.2 Å². The molecule has 0 aliphatic rings. The van der Waals surface area contributed by atoms with E-state index in [-0.39, 0.29) is 17.0 Å². The van der Waals surface area contributed by atoms with E-state index < -0.39 is 0 Å². The molecule has 0 aliphatic carbocycles. The molecule has 5 heteroatoms. The molecule has 0 saturated heterocycles. The van der Waals surface area contributed by atoms with Crippen molar-refractivity contribution >= 4 is 11.6 Å². The molecule has 3 rings (SSSR count). The van der Waals surface area contributed by atoms with Crippen LogP contribution in [0.3, 0.4) is 0 Å². The number of ether oxygens (including phenoxy) is 2. The Labute approximate surface area is 196 Å². The standard InChI is InChI=1S/C27H32ClNO3/c1-4-29(5-2)17-18-32-23-14-11-21(12-15-23)26(20-9-7-6-8-10-20)27(28)22-13-16-24(30)25(19-22)31-3/h6-16,19,26-27,30H,4-5,17-18H2,1-3H3/t26-,27+/m1/s1. The molecule has 0 spiro atoms. The third-order valence-electron chi connectivity index (χ3n) is 5.78. The van der Waals surface area contributed by atoms with E-state index in [0.29, 0.717) is 12.4 Å². The van der Waals surface area contributed by atoms with Gasteiger partial charge in [-0.2, -0.15) is 0 Å². The molecule has 170 valence electrons. The topological polar surface area (TPSA) is 41.9 Å². The summed E-state index contributed by atoms with van der Waals surface area (Å²) in [6.45, 7) is 7.94. The van der Waals surface area contributed by atoms with E-state index in [1.54, 1.807) is 12.1 Å². The third-order valence-corrected chi connectivity index (χ3v) is 6.29. The van der Waals surface area contributed by atoms with Crippen LogP contribution in [0.25, 0.3) is 0 Å². The fraction of sp³-hybridized carbons (Fsp3) is 0.333. The van der Waals surface area contributed by atoms with Crippen molar-refractivity contribution in [1.82, 2.24) is 4.90 Å². The zero-order valence-electron chi connectivity index (χ0n) is 19.0. The van der Waals surface area contributed by atoms with Crippen molar-refractivity contribution in [2.45, 2.75) is 25.1 Å². The van der Waals surface area contributed by atoms with E-state index in [9.17, 15) is 5.11 Å². The van der Waals surface area contributed by atoms with Crippen molar-refractivity contribution in [3.05, 3.63) is 89.5 Å². The second-order valence-electron chi connectivity index (χ2n) is 7.67. The molecule has 0 bridgehead atoms. The highest BCUT2D eigenvalue weighted by Crippen LogP contribution is 2.43. The minimum Gasteiger partial charge on any atom is -0.504 e. The van der Waals surface area contributed by atoms with Gasteiger partial charge < -0.3 is 19.5 Å². The van der Waals surface area contributed by atoms with Gasteiger partial charge in [0.1, 0.15) is 12.4 Å². The van der Waals surface area contributed by atoms with Gasteiger partial charge in [0.25, 0.3) is 0 Å². The van der Waals surface area contributed by atoms with E-state index in [0.717, 1.165) is 42.1 Å². The third kappa shape index (κ3) is 5.96. The van der Waals surface area contributed by atoms with Crippen molar-refractivity contribution in [3.63, 3.8) is 0 Å². The lowest BCUT2D eigenvalue weighted by molar-refractivity contribution is 0.223. The quantitative estimate of drug-likeness (QED) is 0.349. The first-order valence-electron chi connectivity index (χ1n) is 11.1. The molecule has 3 aromatic carbocycles. The lowest BCUT2D eigenvalue weighted by atomic mass is 9.85. The molecule has 0 unspecified atom stereocenters. The minimum absolute atomic E-state index is 0.0724. The van der Waals surface area contributed by atoms with Crippen LogP contribution in [0.4, 0.5) is 0 Å². The number of aromatic hydroxyl groups is 1. The van der Waals surface area contributed by atoms with Crippen LogP contribution in [0.2, 0.25) is 0 Å². The first-order valence-corrected chi connectivity index (χ1v) is 11.5. The highest BCUT2D eigenvalue weighted by Gasteiger charge is 2.25. The average molecular weight is 454 g/mol. The molecule has 0 fully saturated rings. The number of hydrogen-bond acceptors (Lipinski definition) is 4. The molecule has 3 aromatic rings. The molecule has 0 aliphatic heterocycles. The molecule has 0 saturated carbocycles. The maximum absolute atomic E-state index is 9.97. The van der Waals surface area contributed by atoms with Gasteiger partial charge in [-0.05, 0) is 54.0 Å². The van der Waals surface area contributed by atoms with Crippen molar-refractivity contribution < 1.29 is 14.6 Å². The number of alkyl halides is 1. The van der Waals surface area contributed by atoms with Gasteiger partial charge in [0.2, 0.25) is 0 Å². The predicted molar refractivity (Wildman–Crippen MR) is 131 cm³/mol. The van der Waals surface area contributed by atoms with Crippen LogP contribution < -0.4 is 9.47 Å². The van der Waals surface area contributed by atoms with Crippen molar-refractivity contribution in [2.75, 3.05) is 33.4 Å². The van der Waals surface area contributed by atoms with E-state index >= 15 is 0 Å². The maximum Gasteiger partial charge on any atom is 0.160 e. The molecule has 32 heavy (non-hydrogen) atoms. The Bertz CT molecular complexity index is 958. The molecule has 4 nitrogen and oxygen atoms in total. The molecule has 0 heterocycles. The number of rotatable bonds is 11. The molecular formula is C27H32ClNO3. The minimum atomic E-state index is -0.346. The summed E-state index contributed by atoms with van der Waals surface area (Å²) in [6, 6.07) is 23.7. The number of likely N-dealkylation sites (N-methyl/N-ethyl adjacent to an activating group) is 1. The zero-order chi connectivity index (χ0) is 22.9. The number of phenols is 1. The van der Waals surface area contributed by atoms with Gasteiger partial charge in [-0.3, -0.25) is 0 Å². The normalized spacial score (nSPS) is 13.0. The predicted octanol–water partition coefficient (Wildman–Crippen LogP) is 6.23. The number of methoxy groups -OCH3 is 1. The summed E-state index contributed by atoms with van der Waals surface area (Å²) in [5.41, 5.74) is 3.10. The average Bonchev–Trinajstić information content (AvgIpc) is 2.84. The van der Waals surface area contributed by atoms with E-state index in [2.05, 4.69) is 43.0 Å². The summed E-state index contributed by atoms with van der Waals surface area (Å²) in [4.78, 5) is 2.34. The van der Waals surface area contributed by atoms with Gasteiger partial charge in [0, 0.05) is 12.5 Å².